The van der Waals surface area contributed by atoms with Crippen LogP contribution in [0.2, 0.25) is 0 Å². The van der Waals surface area contributed by atoms with Crippen LogP contribution in [-0.2, 0) is 4.79 Å². The third-order valence-electron chi connectivity index (χ3n) is 5.18. The molecule has 0 saturated heterocycles. The van der Waals surface area contributed by atoms with Crippen LogP contribution in [0.4, 0.5) is 5.69 Å². The largest absolute Gasteiger partial charge is 0.326 e. The van der Waals surface area contributed by atoms with E-state index in [0.717, 1.165) is 16.8 Å². The molecule has 1 amide bonds. The Bertz CT molecular complexity index is 849. The van der Waals surface area contributed by atoms with E-state index in [0.29, 0.717) is 0 Å². The summed E-state index contributed by atoms with van der Waals surface area (Å²) in [5, 5.41) is 3.13. The van der Waals surface area contributed by atoms with Gasteiger partial charge in [-0.2, -0.15) is 0 Å². The van der Waals surface area contributed by atoms with Gasteiger partial charge >= 0.3 is 0 Å². The number of carbonyl (C=O) groups is 1. The monoisotopic (exact) mass is 357 g/mol. The van der Waals surface area contributed by atoms with Crippen molar-refractivity contribution in [1.29, 1.82) is 0 Å². The average molecular weight is 357 g/mol. The number of rotatable bonds is 5. The predicted octanol–water partition coefficient (Wildman–Crippen LogP) is 6.26. The van der Waals surface area contributed by atoms with Crippen molar-refractivity contribution in [3.05, 3.63) is 101 Å². The number of benzene rings is 3. The number of nitrogens with one attached hydrogen (secondary N) is 1. The number of anilines is 1. The first kappa shape index (κ1) is 18.9. The zero-order chi connectivity index (χ0) is 19.4. The summed E-state index contributed by atoms with van der Waals surface area (Å²) in [5.41, 5.74) is 6.96. The van der Waals surface area contributed by atoms with Crippen molar-refractivity contribution >= 4 is 11.6 Å². The van der Waals surface area contributed by atoms with Gasteiger partial charge in [0.25, 0.3) is 0 Å². The second kappa shape index (κ2) is 8.22. The minimum atomic E-state index is -0.0399. The van der Waals surface area contributed by atoms with Crippen LogP contribution in [0.3, 0.4) is 0 Å². The number of hydrogen-bond acceptors (Lipinski definition) is 1. The Kier molecular flexibility index (Phi) is 5.75. The molecular weight excluding hydrogens is 330 g/mol. The van der Waals surface area contributed by atoms with Crippen LogP contribution in [0.25, 0.3) is 0 Å². The van der Waals surface area contributed by atoms with E-state index in [9.17, 15) is 4.79 Å². The fourth-order valence-corrected chi connectivity index (χ4v) is 3.69. The Hall–Kier alpha value is -2.87. The molecule has 0 radical (unpaired) electrons. The van der Waals surface area contributed by atoms with Gasteiger partial charge in [-0.25, -0.2) is 0 Å². The lowest BCUT2D eigenvalue weighted by Gasteiger charge is -2.24. The summed E-state index contributed by atoms with van der Waals surface area (Å²) in [6.45, 7) is 8.10. The summed E-state index contributed by atoms with van der Waals surface area (Å²) in [7, 11) is 0. The predicted molar refractivity (Wildman–Crippen MR) is 113 cm³/mol. The quantitative estimate of drug-likeness (QED) is 0.574. The molecule has 0 saturated carbocycles. The molecule has 0 aliphatic carbocycles. The van der Waals surface area contributed by atoms with E-state index in [1.165, 1.54) is 16.7 Å². The summed E-state index contributed by atoms with van der Waals surface area (Å²) in [5.74, 6) is 0.339. The summed E-state index contributed by atoms with van der Waals surface area (Å²) < 4.78 is 0. The topological polar surface area (TPSA) is 29.1 Å². The zero-order valence-corrected chi connectivity index (χ0v) is 16.5. The van der Waals surface area contributed by atoms with Crippen molar-refractivity contribution in [2.75, 3.05) is 5.32 Å². The number of carbonyl (C=O) groups excluding carboxylic acids is 1. The molecule has 2 heteroatoms. The van der Waals surface area contributed by atoms with Crippen molar-refractivity contribution in [2.24, 2.45) is 0 Å². The normalized spacial score (nSPS) is 13.0. The Morgan fingerprint density at radius 2 is 1.19 bits per heavy atom. The Morgan fingerprint density at radius 1 is 0.778 bits per heavy atom. The lowest BCUT2D eigenvalue weighted by molar-refractivity contribution is -0.114. The van der Waals surface area contributed by atoms with Crippen molar-refractivity contribution in [3.8, 4) is 0 Å². The molecule has 0 aromatic heterocycles. The lowest BCUT2D eigenvalue weighted by Crippen LogP contribution is -2.14. The second-order valence-corrected chi connectivity index (χ2v) is 7.26. The minimum Gasteiger partial charge on any atom is -0.326 e. The highest BCUT2D eigenvalue weighted by atomic mass is 16.1. The molecule has 1 N–H and O–H groups in total. The molecule has 0 unspecified atom stereocenters. The first-order valence-corrected chi connectivity index (χ1v) is 9.49. The molecule has 27 heavy (non-hydrogen) atoms. The molecule has 138 valence electrons. The molecule has 0 aliphatic heterocycles. The molecule has 3 aromatic rings. The first-order chi connectivity index (χ1) is 13.0. The highest BCUT2D eigenvalue weighted by Gasteiger charge is 2.21. The molecular formula is C25H27NO. The Labute approximate surface area is 162 Å². The van der Waals surface area contributed by atoms with Crippen LogP contribution < -0.4 is 5.32 Å². The molecule has 0 bridgehead atoms. The van der Waals surface area contributed by atoms with E-state index >= 15 is 0 Å². The smallest absolute Gasteiger partial charge is 0.221 e. The van der Waals surface area contributed by atoms with Gasteiger partial charge in [-0.05, 0) is 29.2 Å². The van der Waals surface area contributed by atoms with Gasteiger partial charge in [-0.15, -0.1) is 0 Å². The SMILES string of the molecule is CC(=O)Nc1c([C@H](C)c2ccccc2)cc(C)cc1[C@H](C)c1ccccc1. The number of amides is 1. The fraction of sp³-hybridized carbons (Fsp3) is 0.240. The third-order valence-corrected chi connectivity index (χ3v) is 5.18. The molecule has 0 fully saturated rings. The maximum atomic E-state index is 12.0. The molecule has 2 nitrogen and oxygen atoms in total. The van der Waals surface area contributed by atoms with Crippen molar-refractivity contribution in [2.45, 2.75) is 39.5 Å². The van der Waals surface area contributed by atoms with Crippen molar-refractivity contribution in [3.63, 3.8) is 0 Å². The van der Waals surface area contributed by atoms with Crippen LogP contribution >= 0.6 is 0 Å². The van der Waals surface area contributed by atoms with Crippen LogP contribution in [0.1, 0.15) is 60.4 Å². The molecule has 0 heterocycles. The van der Waals surface area contributed by atoms with E-state index in [1.807, 2.05) is 12.1 Å². The van der Waals surface area contributed by atoms with Crippen LogP contribution in [0, 0.1) is 6.92 Å². The summed E-state index contributed by atoms with van der Waals surface area (Å²) in [4.78, 5) is 12.0. The maximum Gasteiger partial charge on any atom is 0.221 e. The molecule has 3 aromatic carbocycles. The van der Waals surface area contributed by atoms with Gasteiger partial charge in [0.1, 0.15) is 0 Å². The molecule has 0 spiro atoms. The van der Waals surface area contributed by atoms with Gasteiger partial charge in [0.15, 0.2) is 0 Å². The van der Waals surface area contributed by atoms with Crippen LogP contribution in [0.15, 0.2) is 72.8 Å². The highest BCUT2D eigenvalue weighted by Crippen LogP contribution is 2.38. The van der Waals surface area contributed by atoms with Crippen LogP contribution in [0.5, 0.6) is 0 Å². The number of hydrogen-bond donors (Lipinski definition) is 1. The molecule has 0 aliphatic rings. The van der Waals surface area contributed by atoms with E-state index in [2.05, 4.69) is 86.8 Å². The summed E-state index contributed by atoms with van der Waals surface area (Å²) >= 11 is 0. The molecule has 2 atom stereocenters. The van der Waals surface area contributed by atoms with Crippen molar-refractivity contribution < 1.29 is 4.79 Å². The van der Waals surface area contributed by atoms with E-state index in [4.69, 9.17) is 0 Å². The highest BCUT2D eigenvalue weighted by molar-refractivity contribution is 5.91. The Balaban J connectivity index is 2.16. The van der Waals surface area contributed by atoms with E-state index in [-0.39, 0.29) is 17.7 Å². The van der Waals surface area contributed by atoms with E-state index < -0.39 is 0 Å². The summed E-state index contributed by atoms with van der Waals surface area (Å²) in [6, 6.07) is 25.3. The van der Waals surface area contributed by atoms with Crippen LogP contribution in [-0.4, -0.2) is 5.91 Å². The summed E-state index contributed by atoms with van der Waals surface area (Å²) in [6.07, 6.45) is 0. The molecule has 3 rings (SSSR count). The number of aryl methyl sites for hydroxylation is 1. The van der Waals surface area contributed by atoms with E-state index in [1.54, 1.807) is 6.92 Å². The van der Waals surface area contributed by atoms with Gasteiger partial charge in [-0.1, -0.05) is 92.2 Å². The zero-order valence-electron chi connectivity index (χ0n) is 16.5. The van der Waals surface area contributed by atoms with Gasteiger partial charge in [0, 0.05) is 24.4 Å². The van der Waals surface area contributed by atoms with Gasteiger partial charge < -0.3 is 5.32 Å². The third kappa shape index (κ3) is 4.28. The van der Waals surface area contributed by atoms with Gasteiger partial charge in [-0.3, -0.25) is 4.79 Å². The van der Waals surface area contributed by atoms with Crippen molar-refractivity contribution in [1.82, 2.24) is 0 Å². The van der Waals surface area contributed by atoms with Gasteiger partial charge in [0.2, 0.25) is 5.91 Å². The minimum absolute atomic E-state index is 0.0399. The van der Waals surface area contributed by atoms with Gasteiger partial charge in [0.05, 0.1) is 0 Å². The lowest BCUT2D eigenvalue weighted by atomic mass is 9.84. The standard InChI is InChI=1S/C25H27NO/c1-17-15-23(18(2)21-11-7-5-8-12-21)25(26-20(4)27)24(16-17)19(3)22-13-9-6-10-14-22/h5-16,18-19H,1-4H3,(H,26,27)/t18-,19-/m1/s1. The fourth-order valence-electron chi connectivity index (χ4n) is 3.69. The Morgan fingerprint density at radius 3 is 1.56 bits per heavy atom. The maximum absolute atomic E-state index is 12.0. The second-order valence-electron chi connectivity index (χ2n) is 7.26. The first-order valence-electron chi connectivity index (χ1n) is 9.49. The average Bonchev–Trinajstić information content (AvgIpc) is 2.69.